The van der Waals surface area contributed by atoms with Crippen LogP contribution in [-0.2, 0) is 6.42 Å². The molecule has 0 unspecified atom stereocenters. The second-order valence-corrected chi connectivity index (χ2v) is 4.07. The quantitative estimate of drug-likeness (QED) is 0.766. The molecule has 4 nitrogen and oxygen atoms in total. The number of ketones is 1. The third kappa shape index (κ3) is 1.46. The van der Waals surface area contributed by atoms with E-state index in [-0.39, 0.29) is 22.8 Å². The van der Waals surface area contributed by atoms with Gasteiger partial charge in [0.2, 0.25) is 0 Å². The lowest BCUT2D eigenvalue weighted by Gasteiger charge is -2.15. The van der Waals surface area contributed by atoms with E-state index in [1.54, 1.807) is 6.92 Å². The first-order valence-corrected chi connectivity index (χ1v) is 4.89. The number of aryl methyl sites for hydroxylation is 1. The van der Waals surface area contributed by atoms with Crippen molar-refractivity contribution in [3.05, 3.63) is 22.6 Å². The Morgan fingerprint density at radius 2 is 2.13 bits per heavy atom. The Morgan fingerprint density at radius 1 is 1.47 bits per heavy atom. The number of carbonyl (C=O) groups excluding carboxylic acids is 1. The summed E-state index contributed by atoms with van der Waals surface area (Å²) in [5.41, 5.74) is 0.333. The van der Waals surface area contributed by atoms with Gasteiger partial charge in [0.05, 0.1) is 5.56 Å². The van der Waals surface area contributed by atoms with Crippen molar-refractivity contribution < 1.29 is 19.1 Å². The van der Waals surface area contributed by atoms with E-state index in [2.05, 4.69) is 0 Å². The van der Waals surface area contributed by atoms with Crippen molar-refractivity contribution in [2.24, 2.45) is 5.92 Å². The van der Waals surface area contributed by atoms with Gasteiger partial charge in [0.15, 0.2) is 5.78 Å². The molecule has 4 heteroatoms. The summed E-state index contributed by atoms with van der Waals surface area (Å²) in [5, 5.41) is 8.98. The van der Waals surface area contributed by atoms with Crippen LogP contribution in [0.3, 0.4) is 0 Å². The fourth-order valence-corrected chi connectivity index (χ4v) is 2.11. The average Bonchev–Trinajstić information content (AvgIpc) is 2.40. The van der Waals surface area contributed by atoms with E-state index in [1.807, 2.05) is 6.92 Å². The molecule has 0 aliphatic heterocycles. The van der Waals surface area contributed by atoms with Crippen LogP contribution in [0.15, 0.2) is 4.42 Å². The normalized spacial score (nSPS) is 20.1. The summed E-state index contributed by atoms with van der Waals surface area (Å²) in [5.74, 6) is -0.0980. The van der Waals surface area contributed by atoms with Gasteiger partial charge in [-0.05, 0) is 12.8 Å². The van der Waals surface area contributed by atoms with Crippen LogP contribution in [0.5, 0.6) is 0 Å². The van der Waals surface area contributed by atoms with Crippen LogP contribution >= 0.6 is 0 Å². The molecule has 1 aliphatic rings. The molecule has 0 radical (unpaired) electrons. The molecule has 1 atom stereocenters. The lowest BCUT2D eigenvalue weighted by molar-refractivity contribution is 0.0689. The highest BCUT2D eigenvalue weighted by Crippen LogP contribution is 2.31. The van der Waals surface area contributed by atoms with Crippen LogP contribution in [0.1, 0.15) is 45.6 Å². The molecule has 0 spiro atoms. The number of carbonyl (C=O) groups is 2. The highest BCUT2D eigenvalue weighted by atomic mass is 16.4. The van der Waals surface area contributed by atoms with Gasteiger partial charge >= 0.3 is 5.97 Å². The molecule has 1 aromatic heterocycles. The van der Waals surface area contributed by atoms with E-state index < -0.39 is 5.97 Å². The SMILES string of the molecule is Cc1oc2c(c1C(=O)O)C(=O)C[C@H](C)C2. The fourth-order valence-electron chi connectivity index (χ4n) is 2.11. The summed E-state index contributed by atoms with van der Waals surface area (Å²) >= 11 is 0. The van der Waals surface area contributed by atoms with Crippen molar-refractivity contribution in [2.45, 2.75) is 26.7 Å². The minimum Gasteiger partial charge on any atom is -0.478 e. The number of carboxylic acid groups (broad SMARTS) is 1. The predicted octanol–water partition coefficient (Wildman–Crippen LogP) is 2.05. The minimum atomic E-state index is -1.08. The second kappa shape index (κ2) is 3.22. The van der Waals surface area contributed by atoms with Crippen LogP contribution in [0.4, 0.5) is 0 Å². The maximum atomic E-state index is 11.7. The average molecular weight is 208 g/mol. The first-order valence-electron chi connectivity index (χ1n) is 4.89. The van der Waals surface area contributed by atoms with E-state index >= 15 is 0 Å². The van der Waals surface area contributed by atoms with Crippen molar-refractivity contribution in [1.82, 2.24) is 0 Å². The van der Waals surface area contributed by atoms with Crippen LogP contribution in [0.2, 0.25) is 0 Å². The standard InChI is InChI=1S/C11H12O4/c1-5-3-7(12)10-8(4-5)15-6(2)9(10)11(13)14/h5H,3-4H2,1-2H3,(H,13,14)/t5-/m0/s1. The van der Waals surface area contributed by atoms with E-state index in [0.29, 0.717) is 24.4 Å². The van der Waals surface area contributed by atoms with Gasteiger partial charge < -0.3 is 9.52 Å². The second-order valence-electron chi connectivity index (χ2n) is 4.07. The molecule has 0 saturated carbocycles. The van der Waals surface area contributed by atoms with Gasteiger partial charge in [0.25, 0.3) is 0 Å². The summed E-state index contributed by atoms with van der Waals surface area (Å²) in [7, 11) is 0. The summed E-state index contributed by atoms with van der Waals surface area (Å²) < 4.78 is 5.34. The smallest absolute Gasteiger partial charge is 0.340 e. The fraction of sp³-hybridized carbons (Fsp3) is 0.455. The van der Waals surface area contributed by atoms with Crippen LogP contribution < -0.4 is 0 Å². The third-order valence-electron chi connectivity index (χ3n) is 2.72. The summed E-state index contributed by atoms with van der Waals surface area (Å²) in [6.45, 7) is 3.54. The zero-order chi connectivity index (χ0) is 11.2. The van der Waals surface area contributed by atoms with Gasteiger partial charge in [-0.2, -0.15) is 0 Å². The zero-order valence-electron chi connectivity index (χ0n) is 8.66. The lowest BCUT2D eigenvalue weighted by atomic mass is 9.87. The molecular weight excluding hydrogens is 196 g/mol. The first kappa shape index (κ1) is 9.96. The molecule has 1 aromatic rings. The Bertz CT molecular complexity index is 442. The van der Waals surface area contributed by atoms with Crippen molar-refractivity contribution in [1.29, 1.82) is 0 Å². The Morgan fingerprint density at radius 3 is 2.73 bits per heavy atom. The molecule has 1 aliphatic carbocycles. The Balaban J connectivity index is 2.61. The van der Waals surface area contributed by atoms with E-state index in [4.69, 9.17) is 9.52 Å². The van der Waals surface area contributed by atoms with Gasteiger partial charge in [-0.1, -0.05) is 6.92 Å². The summed E-state index contributed by atoms with van der Waals surface area (Å²) in [6.07, 6.45) is 1.06. The van der Waals surface area contributed by atoms with E-state index in [0.717, 1.165) is 0 Å². The molecule has 80 valence electrons. The van der Waals surface area contributed by atoms with Crippen molar-refractivity contribution in [3.8, 4) is 0 Å². The minimum absolute atomic E-state index is 0.0434. The van der Waals surface area contributed by atoms with Crippen molar-refractivity contribution in [3.63, 3.8) is 0 Å². The van der Waals surface area contributed by atoms with Gasteiger partial charge in [-0.25, -0.2) is 4.79 Å². The molecule has 0 aromatic carbocycles. The monoisotopic (exact) mass is 208 g/mol. The zero-order valence-corrected chi connectivity index (χ0v) is 8.66. The number of fused-ring (bicyclic) bond motifs is 1. The lowest BCUT2D eigenvalue weighted by Crippen LogP contribution is -2.18. The van der Waals surface area contributed by atoms with Gasteiger partial charge in [0.1, 0.15) is 17.1 Å². The molecule has 1 heterocycles. The first-order chi connectivity index (χ1) is 7.00. The Kier molecular flexibility index (Phi) is 2.14. The van der Waals surface area contributed by atoms with Gasteiger partial charge in [-0.15, -0.1) is 0 Å². The molecule has 0 fully saturated rings. The number of furan rings is 1. The summed E-state index contributed by atoms with van der Waals surface area (Å²) in [6, 6.07) is 0. The number of aromatic carboxylic acids is 1. The Labute approximate surface area is 86.9 Å². The maximum Gasteiger partial charge on any atom is 0.340 e. The largest absolute Gasteiger partial charge is 0.478 e. The van der Waals surface area contributed by atoms with Crippen LogP contribution in [0.25, 0.3) is 0 Å². The molecule has 1 N–H and O–H groups in total. The summed E-state index contributed by atoms with van der Waals surface area (Å²) in [4.78, 5) is 22.7. The molecule has 0 bridgehead atoms. The van der Waals surface area contributed by atoms with E-state index in [9.17, 15) is 9.59 Å². The topological polar surface area (TPSA) is 67.5 Å². The van der Waals surface area contributed by atoms with Gasteiger partial charge in [-0.3, -0.25) is 4.79 Å². The molecule has 2 rings (SSSR count). The number of Topliss-reactive ketones (excluding diaryl/α,β-unsaturated/α-hetero) is 1. The van der Waals surface area contributed by atoms with Crippen LogP contribution in [-0.4, -0.2) is 16.9 Å². The van der Waals surface area contributed by atoms with E-state index in [1.165, 1.54) is 0 Å². The van der Waals surface area contributed by atoms with Crippen molar-refractivity contribution >= 4 is 11.8 Å². The Hall–Kier alpha value is -1.58. The van der Waals surface area contributed by atoms with Crippen LogP contribution in [0, 0.1) is 12.8 Å². The van der Waals surface area contributed by atoms with Crippen molar-refractivity contribution in [2.75, 3.05) is 0 Å². The highest BCUT2D eigenvalue weighted by molar-refractivity contribution is 6.07. The third-order valence-corrected chi connectivity index (χ3v) is 2.72. The molecular formula is C11H12O4. The maximum absolute atomic E-state index is 11.7. The number of carboxylic acids is 1. The molecule has 0 saturated heterocycles. The molecule has 15 heavy (non-hydrogen) atoms. The number of hydrogen-bond acceptors (Lipinski definition) is 3. The highest BCUT2D eigenvalue weighted by Gasteiger charge is 2.32. The number of hydrogen-bond donors (Lipinski definition) is 1. The molecule has 0 amide bonds. The van der Waals surface area contributed by atoms with Gasteiger partial charge in [0, 0.05) is 12.8 Å². The predicted molar refractivity (Wildman–Crippen MR) is 52.2 cm³/mol. The number of rotatable bonds is 1.